The number of hydrogen-bond acceptors (Lipinski definition) is 2. The Bertz CT molecular complexity index is 721. The van der Waals surface area contributed by atoms with Gasteiger partial charge in [-0.3, -0.25) is 9.59 Å². The molecule has 2 nitrogen and oxygen atoms in total. The molecule has 0 radical (unpaired) electrons. The van der Waals surface area contributed by atoms with E-state index in [2.05, 4.69) is 22.5 Å². The average Bonchev–Trinajstić information content (AvgIpc) is 2.54. The molecule has 1 aromatic rings. The number of rotatable bonds is 5. The first-order valence-corrected chi connectivity index (χ1v) is 8.14. The molecule has 1 aliphatic carbocycles. The lowest BCUT2D eigenvalue weighted by Gasteiger charge is -2.19. The van der Waals surface area contributed by atoms with Crippen LogP contribution in [0.25, 0.3) is 0 Å². The van der Waals surface area contributed by atoms with Gasteiger partial charge in [-0.15, -0.1) is 0 Å². The summed E-state index contributed by atoms with van der Waals surface area (Å²) >= 11 is 3.34. The van der Waals surface area contributed by atoms with Crippen LogP contribution in [-0.2, 0) is 0 Å². The molecule has 1 aliphatic rings. The molecule has 0 N–H and O–H groups in total. The monoisotopic (exact) mass is 356 g/mol. The van der Waals surface area contributed by atoms with Crippen LogP contribution in [0.5, 0.6) is 0 Å². The first kappa shape index (κ1) is 16.4. The van der Waals surface area contributed by atoms with Gasteiger partial charge in [-0.2, -0.15) is 0 Å². The highest BCUT2D eigenvalue weighted by atomic mass is 79.9. The van der Waals surface area contributed by atoms with Crippen molar-refractivity contribution in [3.63, 3.8) is 0 Å². The lowest BCUT2D eigenvalue weighted by molar-refractivity contribution is 0.0973. The van der Waals surface area contributed by atoms with Crippen molar-refractivity contribution in [2.45, 2.75) is 13.3 Å². The maximum Gasteiger partial charge on any atom is 0.190 e. The van der Waals surface area contributed by atoms with Gasteiger partial charge in [0.05, 0.1) is 0 Å². The third kappa shape index (κ3) is 3.25. The van der Waals surface area contributed by atoms with Gasteiger partial charge in [0.2, 0.25) is 0 Å². The van der Waals surface area contributed by atoms with Gasteiger partial charge in [-0.1, -0.05) is 71.1 Å². The normalized spacial score (nSPS) is 15.5. The molecule has 0 saturated heterocycles. The Morgan fingerprint density at radius 2 is 1.82 bits per heavy atom. The minimum atomic E-state index is -0.0624. The number of Topliss-reactive ketones (excluding diaryl/α,β-unsaturated/α-hetero) is 2. The number of carbonyl (C=O) groups excluding carboxylic acids is 2. The Morgan fingerprint density at radius 3 is 2.41 bits per heavy atom. The molecule has 0 unspecified atom stereocenters. The van der Waals surface area contributed by atoms with Crippen LogP contribution in [0.2, 0.25) is 0 Å². The van der Waals surface area contributed by atoms with Crippen LogP contribution in [0.15, 0.2) is 71.9 Å². The predicted octanol–water partition coefficient (Wildman–Crippen LogP) is 4.84. The van der Waals surface area contributed by atoms with Gasteiger partial charge < -0.3 is 0 Å². The molecular weight excluding hydrogens is 340 g/mol. The lowest BCUT2D eigenvalue weighted by atomic mass is 9.82. The van der Waals surface area contributed by atoms with E-state index in [-0.39, 0.29) is 11.6 Å². The topological polar surface area (TPSA) is 34.1 Å². The first-order valence-electron chi connectivity index (χ1n) is 7.02. The maximum absolute atomic E-state index is 12.7. The molecule has 1 aromatic carbocycles. The SMILES string of the molecule is C=C/C=C(\C=C/CBr)CC1=C(C)C(=O)c2ccccc2C1=O. The van der Waals surface area contributed by atoms with Crippen molar-refractivity contribution in [1.82, 2.24) is 0 Å². The van der Waals surface area contributed by atoms with Crippen LogP contribution < -0.4 is 0 Å². The Balaban J connectivity index is 2.43. The van der Waals surface area contributed by atoms with Crippen molar-refractivity contribution in [2.24, 2.45) is 0 Å². The summed E-state index contributed by atoms with van der Waals surface area (Å²) in [5.41, 5.74) is 3.04. The van der Waals surface area contributed by atoms with Crippen LogP contribution >= 0.6 is 15.9 Å². The smallest absolute Gasteiger partial charge is 0.190 e. The van der Waals surface area contributed by atoms with Crippen molar-refractivity contribution >= 4 is 27.5 Å². The first-order chi connectivity index (χ1) is 10.6. The fraction of sp³-hybridized carbons (Fsp3) is 0.158. The van der Waals surface area contributed by atoms with Crippen LogP contribution in [-0.4, -0.2) is 16.9 Å². The van der Waals surface area contributed by atoms with E-state index in [1.807, 2.05) is 18.2 Å². The Hall–Kier alpha value is -2.00. The number of carbonyl (C=O) groups is 2. The van der Waals surface area contributed by atoms with Gasteiger partial charge in [0.1, 0.15) is 0 Å². The summed E-state index contributed by atoms with van der Waals surface area (Å²) < 4.78 is 0. The highest BCUT2D eigenvalue weighted by Crippen LogP contribution is 2.30. The standard InChI is InChI=1S/C19H17BrO2/c1-3-7-14(8-6-11-20)12-17-13(2)18(21)15-9-4-5-10-16(15)19(17)22/h3-10H,1,11-12H2,2H3/b8-6-,14-7+. The molecule has 0 fully saturated rings. The Morgan fingerprint density at radius 1 is 1.18 bits per heavy atom. The lowest BCUT2D eigenvalue weighted by Crippen LogP contribution is -2.21. The number of halogens is 1. The second-order valence-corrected chi connectivity index (χ2v) is 5.67. The summed E-state index contributed by atoms with van der Waals surface area (Å²) in [4.78, 5) is 25.1. The zero-order chi connectivity index (χ0) is 16.1. The number of hydrogen-bond donors (Lipinski definition) is 0. The predicted molar refractivity (Wildman–Crippen MR) is 93.6 cm³/mol. The number of fused-ring (bicyclic) bond motifs is 1. The van der Waals surface area contributed by atoms with Crippen LogP contribution in [0.3, 0.4) is 0 Å². The van der Waals surface area contributed by atoms with E-state index in [9.17, 15) is 9.59 Å². The van der Waals surface area contributed by atoms with Crippen LogP contribution in [0, 0.1) is 0 Å². The van der Waals surface area contributed by atoms with Gasteiger partial charge in [-0.05, 0) is 12.5 Å². The van der Waals surface area contributed by atoms with Crippen LogP contribution in [0.4, 0.5) is 0 Å². The van der Waals surface area contributed by atoms with Gasteiger partial charge in [0, 0.05) is 34.0 Å². The number of alkyl halides is 1. The molecule has 0 saturated carbocycles. The van der Waals surface area contributed by atoms with Crippen LogP contribution in [0.1, 0.15) is 34.1 Å². The zero-order valence-electron chi connectivity index (χ0n) is 12.4. The van der Waals surface area contributed by atoms with Crippen molar-refractivity contribution in [3.05, 3.63) is 83.0 Å². The quantitative estimate of drug-likeness (QED) is 0.558. The highest BCUT2D eigenvalue weighted by molar-refractivity contribution is 9.09. The summed E-state index contributed by atoms with van der Waals surface area (Å²) in [6, 6.07) is 6.99. The fourth-order valence-corrected chi connectivity index (χ4v) is 2.68. The molecule has 0 amide bonds. The van der Waals surface area contributed by atoms with Crippen molar-refractivity contribution in [2.75, 3.05) is 5.33 Å². The molecule has 0 bridgehead atoms. The molecule has 0 spiro atoms. The third-order valence-corrected chi connectivity index (χ3v) is 3.99. The average molecular weight is 357 g/mol. The minimum Gasteiger partial charge on any atom is -0.289 e. The van der Waals surface area contributed by atoms with Gasteiger partial charge in [-0.25, -0.2) is 0 Å². The van der Waals surface area contributed by atoms with Gasteiger partial charge in [0.25, 0.3) is 0 Å². The Kier molecular flexibility index (Phi) is 5.45. The van der Waals surface area contributed by atoms with E-state index in [1.54, 1.807) is 37.3 Å². The van der Waals surface area contributed by atoms with Gasteiger partial charge in [0.15, 0.2) is 11.6 Å². The van der Waals surface area contributed by atoms with Crippen molar-refractivity contribution in [1.29, 1.82) is 0 Å². The van der Waals surface area contributed by atoms with E-state index in [4.69, 9.17) is 0 Å². The van der Waals surface area contributed by atoms with Gasteiger partial charge >= 0.3 is 0 Å². The minimum absolute atomic E-state index is 0.0603. The largest absolute Gasteiger partial charge is 0.289 e. The molecule has 112 valence electrons. The molecule has 2 rings (SSSR count). The third-order valence-electron chi connectivity index (χ3n) is 3.62. The maximum atomic E-state index is 12.7. The second kappa shape index (κ2) is 7.32. The Labute approximate surface area is 139 Å². The number of benzene rings is 1. The second-order valence-electron chi connectivity index (χ2n) is 5.02. The van der Waals surface area contributed by atoms with Crippen molar-refractivity contribution in [3.8, 4) is 0 Å². The summed E-state index contributed by atoms with van der Waals surface area (Å²) in [5, 5.41) is 0.731. The number of ketones is 2. The molecule has 0 aromatic heterocycles. The van der Waals surface area contributed by atoms with E-state index in [1.165, 1.54) is 0 Å². The van der Waals surface area contributed by atoms with E-state index >= 15 is 0 Å². The molecule has 0 atom stereocenters. The number of allylic oxidation sites excluding steroid dienone is 7. The summed E-state index contributed by atoms with van der Waals surface area (Å²) in [7, 11) is 0. The summed E-state index contributed by atoms with van der Waals surface area (Å²) in [6.45, 7) is 5.43. The fourth-order valence-electron chi connectivity index (χ4n) is 2.49. The molecule has 3 heteroatoms. The van der Waals surface area contributed by atoms with E-state index in [0.717, 1.165) is 10.9 Å². The zero-order valence-corrected chi connectivity index (χ0v) is 14.0. The molecule has 22 heavy (non-hydrogen) atoms. The van der Waals surface area contributed by atoms with E-state index in [0.29, 0.717) is 28.7 Å². The molecular formula is C19H17BrO2. The highest BCUT2D eigenvalue weighted by Gasteiger charge is 2.29. The summed E-state index contributed by atoms with van der Waals surface area (Å²) in [6.07, 6.45) is 7.87. The van der Waals surface area contributed by atoms with E-state index < -0.39 is 0 Å². The van der Waals surface area contributed by atoms with Crippen molar-refractivity contribution < 1.29 is 9.59 Å². The molecule has 0 aliphatic heterocycles. The summed E-state index contributed by atoms with van der Waals surface area (Å²) in [5.74, 6) is -0.123. The molecule has 0 heterocycles.